The molecular weight excluding hydrogens is 351 g/mol. The van der Waals surface area contributed by atoms with Crippen LogP contribution in [0.25, 0.3) is 0 Å². The molecular formula is C15H16Cl2N6O. The quantitative estimate of drug-likeness (QED) is 0.804. The first-order valence-electron chi connectivity index (χ1n) is 7.83. The predicted octanol–water partition coefficient (Wildman–Crippen LogP) is 1.88. The highest BCUT2D eigenvalue weighted by Crippen LogP contribution is 2.38. The third-order valence-corrected chi connectivity index (χ3v) is 5.06. The van der Waals surface area contributed by atoms with Crippen LogP contribution in [-0.2, 0) is 19.5 Å². The first-order valence-corrected chi connectivity index (χ1v) is 8.58. The van der Waals surface area contributed by atoms with E-state index in [2.05, 4.69) is 24.8 Å². The molecule has 9 heteroatoms. The summed E-state index contributed by atoms with van der Waals surface area (Å²) in [5.74, 6) is 1.32. The molecule has 0 radical (unpaired) electrons. The van der Waals surface area contributed by atoms with Crippen LogP contribution in [0.4, 0.5) is 5.95 Å². The molecule has 0 bridgehead atoms. The number of rotatable bonds is 3. The Labute approximate surface area is 148 Å². The zero-order valence-corrected chi connectivity index (χ0v) is 14.4. The maximum absolute atomic E-state index is 12.4. The van der Waals surface area contributed by atoms with Gasteiger partial charge in [0.2, 0.25) is 5.95 Å². The first-order chi connectivity index (χ1) is 11.5. The van der Waals surface area contributed by atoms with Crippen molar-refractivity contribution in [3.63, 3.8) is 0 Å². The Morgan fingerprint density at radius 3 is 2.58 bits per heavy atom. The molecule has 24 heavy (non-hydrogen) atoms. The molecule has 0 amide bonds. The number of nitrogens with one attached hydrogen (secondary N) is 1. The highest BCUT2D eigenvalue weighted by atomic mass is 35.5. The van der Waals surface area contributed by atoms with E-state index < -0.39 is 0 Å². The van der Waals surface area contributed by atoms with Crippen LogP contribution in [0.15, 0.2) is 4.79 Å². The number of hydrogen-bond donors (Lipinski definition) is 2. The van der Waals surface area contributed by atoms with Crippen molar-refractivity contribution in [3.8, 4) is 0 Å². The van der Waals surface area contributed by atoms with E-state index in [1.807, 2.05) is 0 Å². The van der Waals surface area contributed by atoms with Crippen molar-refractivity contribution in [1.29, 1.82) is 0 Å². The van der Waals surface area contributed by atoms with Crippen molar-refractivity contribution in [1.82, 2.24) is 24.8 Å². The SMILES string of the molecule is Nc1nc(Cl)c(CN2CCc3nc(C4CC4)[nH]c(=O)c3C2)c(Cl)n1. The molecule has 0 saturated heterocycles. The Morgan fingerprint density at radius 1 is 1.21 bits per heavy atom. The minimum Gasteiger partial charge on any atom is -0.368 e. The lowest BCUT2D eigenvalue weighted by atomic mass is 10.1. The Bertz CT molecular complexity index is 841. The monoisotopic (exact) mass is 366 g/mol. The minimum atomic E-state index is -0.0441. The average molecular weight is 367 g/mol. The van der Waals surface area contributed by atoms with Gasteiger partial charge in [-0.25, -0.2) is 15.0 Å². The Kier molecular flexibility index (Phi) is 3.94. The van der Waals surface area contributed by atoms with Crippen LogP contribution in [0.3, 0.4) is 0 Å². The number of hydrogen-bond acceptors (Lipinski definition) is 6. The third kappa shape index (κ3) is 2.99. The van der Waals surface area contributed by atoms with Gasteiger partial charge in [0.05, 0.1) is 11.3 Å². The number of aromatic amines is 1. The Morgan fingerprint density at radius 2 is 1.92 bits per heavy atom. The first kappa shape index (κ1) is 15.8. The lowest BCUT2D eigenvalue weighted by Crippen LogP contribution is -2.36. The Hall–Kier alpha value is -1.70. The second kappa shape index (κ2) is 5.98. The molecule has 2 aliphatic rings. The van der Waals surface area contributed by atoms with Gasteiger partial charge in [0.25, 0.3) is 5.56 Å². The molecule has 2 aromatic heterocycles. The highest BCUT2D eigenvalue weighted by molar-refractivity contribution is 6.34. The normalized spacial score (nSPS) is 17.8. The zero-order valence-electron chi connectivity index (χ0n) is 12.9. The van der Waals surface area contributed by atoms with Crippen LogP contribution in [0.1, 0.15) is 41.4 Å². The zero-order chi connectivity index (χ0) is 16.8. The molecule has 7 nitrogen and oxygen atoms in total. The van der Waals surface area contributed by atoms with Crippen LogP contribution in [-0.4, -0.2) is 31.4 Å². The number of anilines is 1. The van der Waals surface area contributed by atoms with Crippen molar-refractivity contribution in [2.24, 2.45) is 0 Å². The van der Waals surface area contributed by atoms with Gasteiger partial charge in [0.15, 0.2) is 0 Å². The van der Waals surface area contributed by atoms with Crippen molar-refractivity contribution in [3.05, 3.63) is 43.3 Å². The van der Waals surface area contributed by atoms with E-state index in [-0.39, 0.29) is 21.8 Å². The molecule has 3 heterocycles. The lowest BCUT2D eigenvalue weighted by molar-refractivity contribution is 0.241. The molecule has 4 rings (SSSR count). The van der Waals surface area contributed by atoms with E-state index in [0.717, 1.165) is 37.3 Å². The fraction of sp³-hybridized carbons (Fsp3) is 0.467. The van der Waals surface area contributed by atoms with E-state index >= 15 is 0 Å². The van der Waals surface area contributed by atoms with Gasteiger partial charge < -0.3 is 10.7 Å². The second-order valence-corrected chi connectivity index (χ2v) is 6.97. The Balaban J connectivity index is 1.58. The second-order valence-electron chi connectivity index (χ2n) is 6.25. The van der Waals surface area contributed by atoms with Crippen molar-refractivity contribution >= 4 is 29.2 Å². The standard InChI is InChI=1S/C15H16Cl2N6O/c16-11-9(12(17)21-15(18)20-11)6-23-4-3-10-8(5-23)14(24)22-13(19-10)7-1-2-7/h7H,1-6H2,(H2,18,20,21)(H,19,22,24). The highest BCUT2D eigenvalue weighted by Gasteiger charge is 2.29. The van der Waals surface area contributed by atoms with Crippen molar-refractivity contribution < 1.29 is 0 Å². The van der Waals surface area contributed by atoms with Crippen LogP contribution < -0.4 is 11.3 Å². The largest absolute Gasteiger partial charge is 0.368 e. The van der Waals surface area contributed by atoms with Gasteiger partial charge in [-0.15, -0.1) is 0 Å². The molecule has 0 atom stereocenters. The summed E-state index contributed by atoms with van der Waals surface area (Å²) in [6.07, 6.45) is 2.95. The van der Waals surface area contributed by atoms with Gasteiger partial charge in [0.1, 0.15) is 16.1 Å². The summed E-state index contributed by atoms with van der Waals surface area (Å²) in [7, 11) is 0. The summed E-state index contributed by atoms with van der Waals surface area (Å²) in [5, 5.41) is 0.490. The van der Waals surface area contributed by atoms with E-state index in [0.29, 0.717) is 30.1 Å². The van der Waals surface area contributed by atoms with E-state index in [1.54, 1.807) is 0 Å². The average Bonchev–Trinajstić information content (AvgIpc) is 3.36. The number of nitrogens with zero attached hydrogens (tertiary/aromatic N) is 4. The number of nitrogens with two attached hydrogens (primary N) is 1. The summed E-state index contributed by atoms with van der Waals surface area (Å²) < 4.78 is 0. The summed E-state index contributed by atoms with van der Waals surface area (Å²) >= 11 is 12.3. The third-order valence-electron chi connectivity index (χ3n) is 4.44. The number of H-pyrrole nitrogens is 1. The summed E-state index contributed by atoms with van der Waals surface area (Å²) in [5.41, 5.74) is 7.73. The number of halogens is 2. The lowest BCUT2D eigenvalue weighted by Gasteiger charge is -2.28. The van der Waals surface area contributed by atoms with Crippen LogP contribution in [0, 0.1) is 0 Å². The number of fused-ring (bicyclic) bond motifs is 1. The summed E-state index contributed by atoms with van der Waals surface area (Å²) in [4.78, 5) is 29.9. The molecule has 1 saturated carbocycles. The maximum Gasteiger partial charge on any atom is 0.255 e. The minimum absolute atomic E-state index is 0.0441. The molecule has 0 spiro atoms. The summed E-state index contributed by atoms with van der Waals surface area (Å²) in [6, 6.07) is 0. The molecule has 1 aliphatic carbocycles. The molecule has 126 valence electrons. The number of nitrogen functional groups attached to an aromatic ring is 1. The van der Waals surface area contributed by atoms with Gasteiger partial charge in [-0.1, -0.05) is 23.2 Å². The van der Waals surface area contributed by atoms with E-state index in [4.69, 9.17) is 28.9 Å². The van der Waals surface area contributed by atoms with Crippen molar-refractivity contribution in [2.45, 2.75) is 38.3 Å². The topological polar surface area (TPSA) is 101 Å². The molecule has 2 aromatic rings. The summed E-state index contributed by atoms with van der Waals surface area (Å²) in [6.45, 7) is 1.73. The fourth-order valence-corrected chi connectivity index (χ4v) is 3.51. The molecule has 1 fully saturated rings. The van der Waals surface area contributed by atoms with Crippen LogP contribution in [0.5, 0.6) is 0 Å². The van der Waals surface area contributed by atoms with Crippen LogP contribution >= 0.6 is 23.2 Å². The maximum atomic E-state index is 12.4. The predicted molar refractivity (Wildman–Crippen MR) is 91.1 cm³/mol. The molecule has 3 N–H and O–H groups in total. The van der Waals surface area contributed by atoms with Gasteiger partial charge in [0, 0.05) is 37.5 Å². The van der Waals surface area contributed by atoms with Gasteiger partial charge in [-0.05, 0) is 12.8 Å². The molecule has 0 aromatic carbocycles. The smallest absolute Gasteiger partial charge is 0.255 e. The van der Waals surface area contributed by atoms with E-state index in [9.17, 15) is 4.79 Å². The van der Waals surface area contributed by atoms with Crippen LogP contribution in [0.2, 0.25) is 10.3 Å². The van der Waals surface area contributed by atoms with Gasteiger partial charge in [-0.2, -0.15) is 0 Å². The fourth-order valence-electron chi connectivity index (χ4n) is 2.99. The van der Waals surface area contributed by atoms with Gasteiger partial charge >= 0.3 is 0 Å². The number of aromatic nitrogens is 4. The van der Waals surface area contributed by atoms with Gasteiger partial charge in [-0.3, -0.25) is 9.69 Å². The van der Waals surface area contributed by atoms with E-state index in [1.165, 1.54) is 0 Å². The van der Waals surface area contributed by atoms with Crippen molar-refractivity contribution in [2.75, 3.05) is 12.3 Å². The molecule has 0 unspecified atom stereocenters. The molecule has 1 aliphatic heterocycles.